The van der Waals surface area contributed by atoms with Crippen LogP contribution in [-0.4, -0.2) is 16.2 Å². The van der Waals surface area contributed by atoms with E-state index in [1.807, 2.05) is 36.6 Å². The van der Waals surface area contributed by atoms with Gasteiger partial charge in [-0.3, -0.25) is 4.79 Å². The molecule has 0 aliphatic rings. The second-order valence-corrected chi connectivity index (χ2v) is 4.75. The molecule has 1 N–H and O–H groups in total. The number of nitrogens with one attached hydrogen (secondary N) is 1. The fourth-order valence-electron chi connectivity index (χ4n) is 1.42. The van der Waals surface area contributed by atoms with Crippen LogP contribution in [0.3, 0.4) is 0 Å². The van der Waals surface area contributed by atoms with Gasteiger partial charge in [0.15, 0.2) is 5.16 Å². The van der Waals surface area contributed by atoms with Crippen molar-refractivity contribution >= 4 is 34.5 Å². The van der Waals surface area contributed by atoms with Gasteiger partial charge in [0.25, 0.3) is 5.56 Å². The molecule has 1 aromatic heterocycles. The second-order valence-electron chi connectivity index (χ2n) is 3.54. The van der Waals surface area contributed by atoms with E-state index in [1.54, 1.807) is 6.08 Å². The molecule has 2 rings (SSSR count). The van der Waals surface area contributed by atoms with Gasteiger partial charge < -0.3 is 4.98 Å². The minimum Gasteiger partial charge on any atom is -0.301 e. The average molecular weight is 279 g/mol. The number of H-pyrrole nitrogens is 1. The van der Waals surface area contributed by atoms with Gasteiger partial charge in [0.1, 0.15) is 0 Å². The molecule has 5 heteroatoms. The van der Waals surface area contributed by atoms with Crippen LogP contribution in [0.1, 0.15) is 11.3 Å². The quantitative estimate of drug-likeness (QED) is 0.693. The van der Waals surface area contributed by atoms with Gasteiger partial charge in [-0.2, -0.15) is 0 Å². The molecule has 0 saturated heterocycles. The van der Waals surface area contributed by atoms with Gasteiger partial charge in [-0.15, -0.1) is 0 Å². The number of aromatic nitrogens is 2. The molecule has 0 aliphatic carbocycles. The number of hydrogen-bond acceptors (Lipinski definition) is 3. The Labute approximate surface area is 114 Å². The molecule has 0 atom stereocenters. The highest BCUT2D eigenvalue weighted by Crippen LogP contribution is 2.20. The van der Waals surface area contributed by atoms with E-state index >= 15 is 0 Å². The van der Waals surface area contributed by atoms with E-state index in [-0.39, 0.29) is 5.56 Å². The Bertz CT molecular complexity index is 622. The monoisotopic (exact) mass is 278 g/mol. The molecule has 0 fully saturated rings. The van der Waals surface area contributed by atoms with E-state index in [2.05, 4.69) is 9.97 Å². The van der Waals surface area contributed by atoms with E-state index in [0.717, 1.165) is 5.56 Å². The third-order valence-corrected chi connectivity index (χ3v) is 3.13. The Balaban J connectivity index is 2.40. The first-order valence-corrected chi connectivity index (χ1v) is 6.87. The first-order chi connectivity index (χ1) is 8.69. The van der Waals surface area contributed by atoms with Crippen molar-refractivity contribution in [3.05, 3.63) is 58.0 Å². The Morgan fingerprint density at radius 1 is 1.39 bits per heavy atom. The summed E-state index contributed by atoms with van der Waals surface area (Å²) in [6.45, 7) is 0. The molecule has 0 saturated carbocycles. The third kappa shape index (κ3) is 3.24. The van der Waals surface area contributed by atoms with Gasteiger partial charge in [-0.05, 0) is 17.9 Å². The Morgan fingerprint density at radius 2 is 2.11 bits per heavy atom. The van der Waals surface area contributed by atoms with Crippen LogP contribution in [0, 0.1) is 0 Å². The summed E-state index contributed by atoms with van der Waals surface area (Å²) in [5.74, 6) is 0. The van der Waals surface area contributed by atoms with Gasteiger partial charge in [-0.1, -0.05) is 53.7 Å². The van der Waals surface area contributed by atoms with Crippen molar-refractivity contribution in [2.24, 2.45) is 0 Å². The number of benzene rings is 1. The number of rotatable bonds is 3. The summed E-state index contributed by atoms with van der Waals surface area (Å²) < 4.78 is 0. The first kappa shape index (κ1) is 12.9. The maximum atomic E-state index is 11.4. The van der Waals surface area contributed by atoms with E-state index in [4.69, 9.17) is 11.6 Å². The molecule has 0 aliphatic heterocycles. The van der Waals surface area contributed by atoms with E-state index in [9.17, 15) is 4.79 Å². The molecule has 0 radical (unpaired) electrons. The van der Waals surface area contributed by atoms with Crippen molar-refractivity contribution in [1.82, 2.24) is 9.97 Å². The normalized spacial score (nSPS) is 11.6. The molecule has 2 aromatic rings. The number of thioether (sulfide) groups is 1. The number of hydrogen-bond donors (Lipinski definition) is 1. The Hall–Kier alpha value is -1.52. The standard InChI is InChI=1S/C13H11ClN2OS/c1-18-13-15-11(8-12(17)16-13)10(14)7-9-5-3-2-4-6-9/h2-8H,1H3,(H,15,16,17). The molecule has 92 valence electrons. The van der Waals surface area contributed by atoms with E-state index in [1.165, 1.54) is 17.8 Å². The van der Waals surface area contributed by atoms with Crippen LogP contribution in [0.25, 0.3) is 11.1 Å². The number of nitrogens with zero attached hydrogens (tertiary/aromatic N) is 1. The largest absolute Gasteiger partial charge is 0.301 e. The fraction of sp³-hybridized carbons (Fsp3) is 0.0769. The summed E-state index contributed by atoms with van der Waals surface area (Å²) in [6.07, 6.45) is 3.63. The molecule has 3 nitrogen and oxygen atoms in total. The molecule has 1 heterocycles. The maximum Gasteiger partial charge on any atom is 0.252 e. The maximum absolute atomic E-state index is 11.4. The van der Waals surface area contributed by atoms with Crippen LogP contribution < -0.4 is 5.56 Å². The molecular formula is C13H11ClN2OS. The van der Waals surface area contributed by atoms with Gasteiger partial charge in [0.2, 0.25) is 0 Å². The van der Waals surface area contributed by atoms with Crippen molar-refractivity contribution in [2.45, 2.75) is 5.16 Å². The molecule has 1 aromatic carbocycles. The lowest BCUT2D eigenvalue weighted by atomic mass is 10.2. The fourth-order valence-corrected chi connectivity index (χ4v) is 2.04. The zero-order chi connectivity index (χ0) is 13.0. The molecule has 18 heavy (non-hydrogen) atoms. The predicted molar refractivity (Wildman–Crippen MR) is 76.8 cm³/mol. The molecular weight excluding hydrogens is 268 g/mol. The van der Waals surface area contributed by atoms with Crippen molar-refractivity contribution in [3.8, 4) is 0 Å². The predicted octanol–water partition coefficient (Wildman–Crippen LogP) is 3.23. The average Bonchev–Trinajstić information content (AvgIpc) is 2.39. The van der Waals surface area contributed by atoms with Gasteiger partial charge in [0.05, 0.1) is 10.7 Å². The van der Waals surface area contributed by atoms with Crippen LogP contribution in [-0.2, 0) is 0 Å². The van der Waals surface area contributed by atoms with Gasteiger partial charge in [0, 0.05) is 6.07 Å². The van der Waals surface area contributed by atoms with Gasteiger partial charge in [-0.25, -0.2) is 4.98 Å². The molecule has 0 spiro atoms. The topological polar surface area (TPSA) is 45.8 Å². The van der Waals surface area contributed by atoms with E-state index < -0.39 is 0 Å². The highest BCUT2D eigenvalue weighted by Gasteiger charge is 2.04. The SMILES string of the molecule is CSc1nc(C(Cl)=Cc2ccccc2)cc(=O)[nH]1. The highest BCUT2D eigenvalue weighted by atomic mass is 35.5. The van der Waals surface area contributed by atoms with Crippen molar-refractivity contribution < 1.29 is 0 Å². The lowest BCUT2D eigenvalue weighted by Crippen LogP contribution is -2.08. The lowest BCUT2D eigenvalue weighted by molar-refractivity contribution is 0.930. The summed E-state index contributed by atoms with van der Waals surface area (Å²) in [6, 6.07) is 11.0. The summed E-state index contributed by atoms with van der Waals surface area (Å²) in [5.41, 5.74) is 1.24. The van der Waals surface area contributed by atoms with Crippen LogP contribution in [0.15, 0.2) is 46.3 Å². The number of halogens is 1. The van der Waals surface area contributed by atoms with E-state index in [0.29, 0.717) is 15.9 Å². The van der Waals surface area contributed by atoms with Crippen LogP contribution >= 0.6 is 23.4 Å². The van der Waals surface area contributed by atoms with Crippen molar-refractivity contribution in [3.63, 3.8) is 0 Å². The summed E-state index contributed by atoms with van der Waals surface area (Å²) in [7, 11) is 0. The second kappa shape index (κ2) is 5.89. The molecule has 0 unspecified atom stereocenters. The number of aromatic amines is 1. The lowest BCUT2D eigenvalue weighted by Gasteiger charge is -2.01. The first-order valence-electron chi connectivity index (χ1n) is 5.27. The summed E-state index contributed by atoms with van der Waals surface area (Å²) in [5, 5.41) is 1.000. The van der Waals surface area contributed by atoms with Crippen LogP contribution in [0.4, 0.5) is 0 Å². The smallest absolute Gasteiger partial charge is 0.252 e. The zero-order valence-electron chi connectivity index (χ0n) is 9.68. The van der Waals surface area contributed by atoms with Gasteiger partial charge >= 0.3 is 0 Å². The Morgan fingerprint density at radius 3 is 2.78 bits per heavy atom. The van der Waals surface area contributed by atoms with Crippen molar-refractivity contribution in [1.29, 1.82) is 0 Å². The molecule has 0 amide bonds. The minimum absolute atomic E-state index is 0.205. The zero-order valence-corrected chi connectivity index (χ0v) is 11.3. The Kier molecular flexibility index (Phi) is 4.23. The minimum atomic E-state index is -0.205. The van der Waals surface area contributed by atoms with Crippen LogP contribution in [0.2, 0.25) is 0 Å². The highest BCUT2D eigenvalue weighted by molar-refractivity contribution is 7.98. The van der Waals surface area contributed by atoms with Crippen LogP contribution in [0.5, 0.6) is 0 Å². The van der Waals surface area contributed by atoms with Crippen molar-refractivity contribution in [2.75, 3.05) is 6.26 Å². The molecule has 0 bridgehead atoms. The third-order valence-electron chi connectivity index (χ3n) is 2.25. The summed E-state index contributed by atoms with van der Waals surface area (Å²) in [4.78, 5) is 18.3. The summed E-state index contributed by atoms with van der Waals surface area (Å²) >= 11 is 7.55.